The van der Waals surface area contributed by atoms with Crippen LogP contribution in [0, 0.1) is 17.3 Å². The van der Waals surface area contributed by atoms with Crippen molar-refractivity contribution in [3.8, 4) is 0 Å². The maximum Gasteiger partial charge on any atom is 0.223 e. The second-order valence-electron chi connectivity index (χ2n) is 9.37. The Morgan fingerprint density at radius 3 is 2.36 bits per heavy atom. The predicted octanol–water partition coefficient (Wildman–Crippen LogP) is 2.37. The molecule has 0 radical (unpaired) electrons. The van der Waals surface area contributed by atoms with Gasteiger partial charge in [0.15, 0.2) is 0 Å². The standard InChI is InChI=1S/C22H39N3O3/c1-28-16-22(10-12-23-13-11-22)15-24-21(27)18-6-8-19(9-7-18)25-20(26)14-17-4-2-3-5-17/h17-19,23H,2-16H2,1H3,(H,24,27)(H,25,26). The molecule has 0 spiro atoms. The van der Waals surface area contributed by atoms with Crippen molar-refractivity contribution in [2.75, 3.05) is 33.4 Å². The van der Waals surface area contributed by atoms with E-state index < -0.39 is 0 Å². The van der Waals surface area contributed by atoms with Gasteiger partial charge in [-0.25, -0.2) is 0 Å². The second kappa shape index (κ2) is 10.6. The number of amides is 2. The molecule has 1 saturated heterocycles. The molecule has 0 bridgehead atoms. The van der Waals surface area contributed by atoms with E-state index in [0.717, 1.165) is 51.6 Å². The number of nitrogens with one attached hydrogen (secondary N) is 3. The van der Waals surface area contributed by atoms with Crippen molar-refractivity contribution < 1.29 is 14.3 Å². The Labute approximate surface area is 169 Å². The first-order valence-corrected chi connectivity index (χ1v) is 11.4. The first kappa shape index (κ1) is 21.6. The molecule has 0 aromatic rings. The van der Waals surface area contributed by atoms with E-state index in [2.05, 4.69) is 16.0 Å². The van der Waals surface area contributed by atoms with Gasteiger partial charge in [-0.2, -0.15) is 0 Å². The van der Waals surface area contributed by atoms with Crippen LogP contribution in [-0.4, -0.2) is 51.2 Å². The average Bonchev–Trinajstić information content (AvgIpc) is 3.20. The Balaban J connectivity index is 1.36. The minimum absolute atomic E-state index is 0.0705. The van der Waals surface area contributed by atoms with Gasteiger partial charge in [0.1, 0.15) is 0 Å². The molecule has 3 fully saturated rings. The Morgan fingerprint density at radius 2 is 1.71 bits per heavy atom. The van der Waals surface area contributed by atoms with Crippen LogP contribution in [0.3, 0.4) is 0 Å². The molecule has 1 aliphatic heterocycles. The van der Waals surface area contributed by atoms with E-state index in [1.807, 2.05) is 0 Å². The Morgan fingerprint density at radius 1 is 1.04 bits per heavy atom. The van der Waals surface area contributed by atoms with Gasteiger partial charge in [0.2, 0.25) is 11.8 Å². The molecule has 0 unspecified atom stereocenters. The van der Waals surface area contributed by atoms with Crippen LogP contribution >= 0.6 is 0 Å². The van der Waals surface area contributed by atoms with E-state index in [4.69, 9.17) is 4.74 Å². The number of methoxy groups -OCH3 is 1. The van der Waals surface area contributed by atoms with Gasteiger partial charge in [-0.05, 0) is 70.4 Å². The van der Waals surface area contributed by atoms with Gasteiger partial charge in [-0.15, -0.1) is 0 Å². The number of ether oxygens (including phenoxy) is 1. The van der Waals surface area contributed by atoms with E-state index in [9.17, 15) is 9.59 Å². The van der Waals surface area contributed by atoms with Crippen LogP contribution in [0.1, 0.15) is 70.6 Å². The highest BCUT2D eigenvalue weighted by atomic mass is 16.5. The lowest BCUT2D eigenvalue weighted by atomic mass is 9.79. The van der Waals surface area contributed by atoms with Crippen LogP contribution in [0.15, 0.2) is 0 Å². The van der Waals surface area contributed by atoms with E-state index >= 15 is 0 Å². The lowest BCUT2D eigenvalue weighted by Crippen LogP contribution is -2.48. The molecule has 0 aromatic carbocycles. The maximum atomic E-state index is 12.7. The molecule has 3 N–H and O–H groups in total. The van der Waals surface area contributed by atoms with Gasteiger partial charge in [-0.1, -0.05) is 12.8 Å². The largest absolute Gasteiger partial charge is 0.384 e. The highest BCUT2D eigenvalue weighted by molar-refractivity contribution is 5.79. The minimum atomic E-state index is 0.0705. The van der Waals surface area contributed by atoms with Crippen molar-refractivity contribution in [3.63, 3.8) is 0 Å². The third-order valence-electron chi connectivity index (χ3n) is 7.16. The third-order valence-corrected chi connectivity index (χ3v) is 7.16. The van der Waals surface area contributed by atoms with Crippen molar-refractivity contribution in [3.05, 3.63) is 0 Å². The number of carbonyl (C=O) groups excluding carboxylic acids is 2. The first-order chi connectivity index (χ1) is 13.6. The molecule has 2 amide bonds. The SMILES string of the molecule is COCC1(CNC(=O)C2CCC(NC(=O)CC3CCCC3)CC2)CCNCC1. The molecule has 3 rings (SSSR count). The zero-order valence-corrected chi connectivity index (χ0v) is 17.6. The Bertz CT molecular complexity index is 500. The molecule has 6 heteroatoms. The van der Waals surface area contributed by atoms with E-state index in [1.165, 1.54) is 25.7 Å². The van der Waals surface area contributed by atoms with Gasteiger partial charge in [0.05, 0.1) is 6.61 Å². The van der Waals surface area contributed by atoms with Crippen molar-refractivity contribution in [1.29, 1.82) is 0 Å². The van der Waals surface area contributed by atoms with Crippen LogP contribution in [0.4, 0.5) is 0 Å². The Kier molecular flexibility index (Phi) is 8.15. The third kappa shape index (κ3) is 6.18. The molecular formula is C22H39N3O3. The summed E-state index contributed by atoms with van der Waals surface area (Å²) in [5.41, 5.74) is 0.0705. The van der Waals surface area contributed by atoms with Crippen LogP contribution in [0.2, 0.25) is 0 Å². The molecule has 2 aliphatic carbocycles. The van der Waals surface area contributed by atoms with Gasteiger partial charge in [-0.3, -0.25) is 9.59 Å². The molecule has 6 nitrogen and oxygen atoms in total. The van der Waals surface area contributed by atoms with Crippen molar-refractivity contribution >= 4 is 11.8 Å². The summed E-state index contributed by atoms with van der Waals surface area (Å²) in [5, 5.41) is 9.82. The van der Waals surface area contributed by atoms with Crippen LogP contribution in [0.25, 0.3) is 0 Å². The molecule has 2 saturated carbocycles. The summed E-state index contributed by atoms with van der Waals surface area (Å²) in [7, 11) is 1.74. The summed E-state index contributed by atoms with van der Waals surface area (Å²) >= 11 is 0. The summed E-state index contributed by atoms with van der Waals surface area (Å²) in [4.78, 5) is 24.9. The molecule has 160 valence electrons. The molecule has 0 aromatic heterocycles. The van der Waals surface area contributed by atoms with Crippen molar-refractivity contribution in [2.24, 2.45) is 17.3 Å². The van der Waals surface area contributed by atoms with Crippen molar-refractivity contribution in [2.45, 2.75) is 76.7 Å². The molecule has 1 heterocycles. The van der Waals surface area contributed by atoms with E-state index in [0.29, 0.717) is 25.5 Å². The summed E-state index contributed by atoms with van der Waals surface area (Å²) in [6.45, 7) is 3.39. The fourth-order valence-corrected chi connectivity index (χ4v) is 5.32. The number of carbonyl (C=O) groups is 2. The lowest BCUT2D eigenvalue weighted by molar-refractivity contribution is -0.127. The lowest BCUT2D eigenvalue weighted by Gasteiger charge is -2.38. The van der Waals surface area contributed by atoms with Crippen LogP contribution in [0.5, 0.6) is 0 Å². The fourth-order valence-electron chi connectivity index (χ4n) is 5.32. The topological polar surface area (TPSA) is 79.5 Å². The van der Waals surface area contributed by atoms with Crippen LogP contribution < -0.4 is 16.0 Å². The maximum absolute atomic E-state index is 12.7. The van der Waals surface area contributed by atoms with Crippen molar-refractivity contribution in [1.82, 2.24) is 16.0 Å². The first-order valence-electron chi connectivity index (χ1n) is 11.4. The monoisotopic (exact) mass is 393 g/mol. The zero-order valence-electron chi connectivity index (χ0n) is 17.6. The average molecular weight is 394 g/mol. The summed E-state index contributed by atoms with van der Waals surface area (Å²) in [5.74, 6) is 1.08. The second-order valence-corrected chi connectivity index (χ2v) is 9.37. The normalized spacial score (nSPS) is 28.0. The fraction of sp³-hybridized carbons (Fsp3) is 0.909. The highest BCUT2D eigenvalue weighted by Gasteiger charge is 2.34. The predicted molar refractivity (Wildman–Crippen MR) is 110 cm³/mol. The van der Waals surface area contributed by atoms with Crippen LogP contribution in [-0.2, 0) is 14.3 Å². The number of hydrogen-bond acceptors (Lipinski definition) is 4. The number of rotatable bonds is 8. The van der Waals surface area contributed by atoms with E-state index in [-0.39, 0.29) is 29.2 Å². The summed E-state index contributed by atoms with van der Waals surface area (Å²) in [6.07, 6.45) is 11.3. The number of hydrogen-bond donors (Lipinski definition) is 3. The van der Waals surface area contributed by atoms with E-state index in [1.54, 1.807) is 7.11 Å². The van der Waals surface area contributed by atoms with Gasteiger partial charge >= 0.3 is 0 Å². The molecule has 3 aliphatic rings. The summed E-state index contributed by atoms with van der Waals surface area (Å²) < 4.78 is 5.44. The smallest absolute Gasteiger partial charge is 0.223 e. The van der Waals surface area contributed by atoms with Gasteiger partial charge in [0, 0.05) is 37.5 Å². The molecule has 0 atom stereocenters. The quantitative estimate of drug-likeness (QED) is 0.592. The molecular weight excluding hydrogens is 354 g/mol. The van der Waals surface area contributed by atoms with Gasteiger partial charge in [0.25, 0.3) is 0 Å². The Hall–Kier alpha value is -1.14. The molecule has 28 heavy (non-hydrogen) atoms. The zero-order chi connectivity index (χ0) is 19.8. The summed E-state index contributed by atoms with van der Waals surface area (Å²) in [6, 6.07) is 0.252. The number of piperidine rings is 1. The minimum Gasteiger partial charge on any atom is -0.384 e. The van der Waals surface area contributed by atoms with Gasteiger partial charge < -0.3 is 20.7 Å². The highest BCUT2D eigenvalue weighted by Crippen LogP contribution is 2.30.